The third-order valence-electron chi connectivity index (χ3n) is 11.2. The molecule has 4 saturated heterocycles. The first kappa shape index (κ1) is 44.6. The Hall–Kier alpha value is -2.50. The molecule has 8 nitrogen and oxygen atoms in total. The van der Waals surface area contributed by atoms with Gasteiger partial charge in [-0.05, 0) is 101 Å². The molecular formula is C40H52F6N2O6S2. The van der Waals surface area contributed by atoms with Gasteiger partial charge in [-0.3, -0.25) is 19.4 Å². The van der Waals surface area contributed by atoms with E-state index in [0.717, 1.165) is 86.8 Å². The van der Waals surface area contributed by atoms with Crippen LogP contribution in [0.4, 0.5) is 26.3 Å². The van der Waals surface area contributed by atoms with Gasteiger partial charge in [-0.25, -0.2) is 0 Å². The molecule has 4 heterocycles. The number of carbonyl (C=O) groups excluding carboxylic acids is 2. The van der Waals surface area contributed by atoms with Crippen LogP contribution in [-0.2, 0) is 21.8 Å². The average Bonchev–Trinajstić information content (AvgIpc) is 3.93. The van der Waals surface area contributed by atoms with Gasteiger partial charge in [0.25, 0.3) is 0 Å². The summed E-state index contributed by atoms with van der Waals surface area (Å²) >= 11 is 2.26. The van der Waals surface area contributed by atoms with Crippen LogP contribution in [0.3, 0.4) is 0 Å². The number of likely N-dealkylation sites (tertiary alicyclic amines) is 2. The Morgan fingerprint density at radius 2 is 1.02 bits per heavy atom. The minimum absolute atomic E-state index is 0.0152. The maximum absolute atomic E-state index is 13.2. The van der Waals surface area contributed by atoms with Crippen LogP contribution in [0.15, 0.2) is 34.1 Å². The lowest BCUT2D eigenvalue weighted by Gasteiger charge is -2.37. The molecule has 0 amide bonds. The first-order valence-corrected chi connectivity index (χ1v) is 21.5. The van der Waals surface area contributed by atoms with Crippen LogP contribution in [0.25, 0.3) is 0 Å². The lowest BCUT2D eigenvalue weighted by molar-refractivity contribution is -0.138. The highest BCUT2D eigenvalue weighted by molar-refractivity contribution is 7.99. The minimum atomic E-state index is -4.49. The van der Waals surface area contributed by atoms with E-state index in [2.05, 4.69) is 9.80 Å². The topological polar surface area (TPSA) is 77.5 Å². The molecule has 16 heteroatoms. The van der Waals surface area contributed by atoms with Gasteiger partial charge in [0.05, 0.1) is 49.7 Å². The second-order valence-electron chi connectivity index (χ2n) is 14.6. The van der Waals surface area contributed by atoms with Gasteiger partial charge in [0.2, 0.25) is 0 Å². The second kappa shape index (κ2) is 20.0. The van der Waals surface area contributed by atoms with Gasteiger partial charge in [-0.1, -0.05) is 0 Å². The summed E-state index contributed by atoms with van der Waals surface area (Å²) in [7, 11) is 2.60. The van der Waals surface area contributed by atoms with Crippen LogP contribution in [0.2, 0.25) is 0 Å². The number of halogens is 6. The molecule has 2 aromatic rings. The van der Waals surface area contributed by atoms with Crippen LogP contribution < -0.4 is 9.47 Å². The maximum Gasteiger partial charge on any atom is 0.416 e. The van der Waals surface area contributed by atoms with Gasteiger partial charge in [0.15, 0.2) is 11.6 Å². The molecule has 0 saturated carbocycles. The Morgan fingerprint density at radius 3 is 1.32 bits per heavy atom. The van der Waals surface area contributed by atoms with E-state index in [1.807, 2.05) is 0 Å². The highest BCUT2D eigenvalue weighted by atomic mass is 32.2. The molecule has 6 rings (SSSR count). The van der Waals surface area contributed by atoms with Crippen molar-refractivity contribution < 1.29 is 54.9 Å². The number of methoxy groups -OCH3 is 2. The van der Waals surface area contributed by atoms with Gasteiger partial charge in [0.1, 0.15) is 11.5 Å². The van der Waals surface area contributed by atoms with Gasteiger partial charge in [-0.15, -0.1) is 23.5 Å². The van der Waals surface area contributed by atoms with Crippen LogP contribution >= 0.6 is 23.5 Å². The zero-order valence-corrected chi connectivity index (χ0v) is 34.0. The van der Waals surface area contributed by atoms with E-state index in [9.17, 15) is 35.9 Å². The maximum atomic E-state index is 13.2. The van der Waals surface area contributed by atoms with Crippen molar-refractivity contribution in [3.8, 4) is 11.5 Å². The van der Waals surface area contributed by atoms with Crippen molar-refractivity contribution in [3.63, 3.8) is 0 Å². The number of ether oxygens (including phenoxy) is 4. The number of ketones is 2. The number of hydrogen-bond donors (Lipinski definition) is 0. The van der Waals surface area contributed by atoms with Crippen molar-refractivity contribution >= 4 is 35.1 Å². The first-order valence-electron chi connectivity index (χ1n) is 19.1. The van der Waals surface area contributed by atoms with Crippen LogP contribution in [0.5, 0.6) is 11.5 Å². The standard InChI is InChI=1S/2C20H26F3NO3S/c2*1-26-17-10-14(20(21,22)23)11-18(28-2)19(17)16(25)9-13-12-27-8-5-15(13)24-6-3-4-7-24/h2*10-11,13,15H,3-9,12H2,1-2H3/t13-,15+;13-,15-/m00/s1. The van der Waals surface area contributed by atoms with Crippen LogP contribution in [0, 0.1) is 11.8 Å². The minimum Gasteiger partial charge on any atom is -0.496 e. The quantitative estimate of drug-likeness (QED) is 0.118. The van der Waals surface area contributed by atoms with Gasteiger partial charge >= 0.3 is 12.4 Å². The number of thioether (sulfide) groups is 2. The van der Waals surface area contributed by atoms with Gasteiger partial charge < -0.3 is 18.9 Å². The molecule has 2 aromatic carbocycles. The third kappa shape index (κ3) is 11.0. The van der Waals surface area contributed by atoms with E-state index in [0.29, 0.717) is 48.3 Å². The van der Waals surface area contributed by atoms with Crippen molar-refractivity contribution in [2.45, 2.75) is 85.6 Å². The lowest BCUT2D eigenvalue weighted by Crippen LogP contribution is -2.45. The normalized spacial score (nSPS) is 23.8. The summed E-state index contributed by atoms with van der Waals surface area (Å²) in [6, 6.07) is 4.49. The Labute approximate surface area is 333 Å². The Kier molecular flexibility index (Phi) is 15.9. The number of alkyl halides is 6. The summed E-state index contributed by atoms with van der Waals surface area (Å²) in [6.07, 6.45) is 1.30. The number of hydrogen-bond acceptors (Lipinski definition) is 10. The predicted molar refractivity (Wildman–Crippen MR) is 204 cm³/mol. The van der Waals surface area contributed by atoms with E-state index in [1.54, 1.807) is 12.5 Å². The third-order valence-corrected chi connectivity index (χ3v) is 12.7. The van der Waals surface area contributed by atoms with E-state index in [4.69, 9.17) is 18.9 Å². The Bertz CT molecular complexity index is 1480. The number of rotatable bonds is 12. The van der Waals surface area contributed by atoms with Crippen molar-refractivity contribution in [1.29, 1.82) is 0 Å². The highest BCUT2D eigenvalue weighted by Crippen LogP contribution is 2.41. The molecule has 0 unspecified atom stereocenters. The molecule has 0 bridgehead atoms. The summed E-state index contributed by atoms with van der Waals surface area (Å²) < 4.78 is 101. The van der Waals surface area contributed by atoms with E-state index < -0.39 is 23.5 Å². The zero-order valence-electron chi connectivity index (χ0n) is 32.4. The fourth-order valence-electron chi connectivity index (χ4n) is 8.45. The number of Topliss-reactive ketones (excluding diaryl/α,β-unsaturated/α-hetero) is 2. The molecule has 4 atom stereocenters. The van der Waals surface area contributed by atoms with Crippen molar-refractivity contribution in [2.75, 3.05) is 79.3 Å². The number of benzene rings is 2. The zero-order chi connectivity index (χ0) is 40.6. The summed E-state index contributed by atoms with van der Waals surface area (Å²) in [6.45, 7) is 6.53. The molecule has 4 fully saturated rings. The number of nitrogens with zero attached hydrogens (tertiary/aromatic N) is 2. The smallest absolute Gasteiger partial charge is 0.416 e. The van der Waals surface area contributed by atoms with Crippen LogP contribution in [0.1, 0.15) is 83.2 Å². The predicted octanol–water partition coefficient (Wildman–Crippen LogP) is 9.02. The molecule has 0 aliphatic carbocycles. The largest absolute Gasteiger partial charge is 0.496 e. The van der Waals surface area contributed by atoms with E-state index >= 15 is 0 Å². The molecule has 312 valence electrons. The Balaban J connectivity index is 0.000000214. The Morgan fingerprint density at radius 1 is 0.661 bits per heavy atom. The fourth-order valence-corrected chi connectivity index (χ4v) is 9.78. The highest BCUT2D eigenvalue weighted by Gasteiger charge is 2.38. The number of carbonyl (C=O) groups is 2. The monoisotopic (exact) mass is 834 g/mol. The molecule has 0 N–H and O–H groups in total. The summed E-state index contributed by atoms with van der Waals surface area (Å²) in [5.41, 5.74) is -1.12. The van der Waals surface area contributed by atoms with Crippen LogP contribution in [-0.4, -0.2) is 113 Å². The van der Waals surface area contributed by atoms with E-state index in [1.165, 1.54) is 39.9 Å². The SMILES string of the molecule is COc1cc(C(F)(F)F)cc(SC)c1C(=O)C[C@H]1COCC[C@@H]1N1CCCC1.COc1cc(C(F)(F)F)cc(SC)c1C(=O)C[C@H]1COCC[C@H]1N1CCCC1. The second-order valence-corrected chi connectivity index (χ2v) is 16.3. The summed E-state index contributed by atoms with van der Waals surface area (Å²) in [5.74, 6) is -0.316. The van der Waals surface area contributed by atoms with Gasteiger partial charge in [-0.2, -0.15) is 26.3 Å². The molecule has 4 aliphatic rings. The van der Waals surface area contributed by atoms with Crippen molar-refractivity contribution in [1.82, 2.24) is 9.80 Å². The first-order chi connectivity index (χ1) is 26.7. The lowest BCUT2D eigenvalue weighted by atomic mass is 9.87. The average molecular weight is 835 g/mol. The summed E-state index contributed by atoms with van der Waals surface area (Å²) in [4.78, 5) is 31.7. The van der Waals surface area contributed by atoms with E-state index in [-0.39, 0.29) is 58.9 Å². The van der Waals surface area contributed by atoms with Gasteiger partial charge in [0, 0.05) is 59.8 Å². The molecule has 56 heavy (non-hydrogen) atoms. The fraction of sp³-hybridized carbons (Fsp3) is 0.650. The van der Waals surface area contributed by atoms with Crippen molar-refractivity contribution in [2.24, 2.45) is 11.8 Å². The molecule has 0 spiro atoms. The molecule has 0 aromatic heterocycles. The molecular weight excluding hydrogens is 783 g/mol. The van der Waals surface area contributed by atoms with Crippen molar-refractivity contribution in [3.05, 3.63) is 46.5 Å². The summed E-state index contributed by atoms with van der Waals surface area (Å²) in [5, 5.41) is 0. The molecule has 0 radical (unpaired) electrons. The molecule has 4 aliphatic heterocycles.